The zero-order valence-electron chi connectivity index (χ0n) is 13.4. The van der Waals surface area contributed by atoms with Gasteiger partial charge in [0.25, 0.3) is 10.0 Å². The lowest BCUT2D eigenvalue weighted by Crippen LogP contribution is -2.37. The Hall–Kier alpha value is -2.13. The molecule has 0 aromatic heterocycles. The third-order valence-corrected chi connectivity index (χ3v) is 5.71. The van der Waals surface area contributed by atoms with Crippen LogP contribution in [0.4, 0.5) is 10.1 Å². The van der Waals surface area contributed by atoms with Gasteiger partial charge >= 0.3 is 5.97 Å². The maximum atomic E-state index is 14.2. The van der Waals surface area contributed by atoms with Gasteiger partial charge in [0.15, 0.2) is 0 Å². The van der Waals surface area contributed by atoms with Crippen molar-refractivity contribution in [3.05, 3.63) is 52.8 Å². The summed E-state index contributed by atoms with van der Waals surface area (Å²) in [5.74, 6) is -1.16. The van der Waals surface area contributed by atoms with E-state index >= 15 is 0 Å². The fourth-order valence-corrected chi connectivity index (χ4v) is 4.21. The summed E-state index contributed by atoms with van der Waals surface area (Å²) in [6.45, 7) is -0.663. The second kappa shape index (κ2) is 7.83. The monoisotopic (exact) mass is 431 g/mol. The van der Waals surface area contributed by atoms with Gasteiger partial charge in [-0.25, -0.2) is 12.8 Å². The zero-order valence-corrected chi connectivity index (χ0v) is 15.8. The van der Waals surface area contributed by atoms with Crippen LogP contribution < -0.4 is 9.04 Å². The molecular weight excluding hydrogens is 417 g/mol. The first-order valence-electron chi connectivity index (χ1n) is 6.99. The Balaban J connectivity index is 2.57. The van der Waals surface area contributed by atoms with Crippen molar-refractivity contribution in [2.75, 3.05) is 25.1 Å². The van der Waals surface area contributed by atoms with Crippen molar-refractivity contribution >= 4 is 37.6 Å². The number of esters is 1. The molecule has 0 aliphatic heterocycles. The number of methoxy groups -OCH3 is 2. The van der Waals surface area contributed by atoms with Gasteiger partial charge < -0.3 is 9.47 Å². The number of hydrogen-bond donors (Lipinski definition) is 0. The van der Waals surface area contributed by atoms with Crippen LogP contribution in [-0.4, -0.2) is 35.2 Å². The first-order valence-corrected chi connectivity index (χ1v) is 9.22. The van der Waals surface area contributed by atoms with Crippen LogP contribution in [0.15, 0.2) is 51.8 Å². The van der Waals surface area contributed by atoms with Gasteiger partial charge in [0.2, 0.25) is 0 Å². The third-order valence-electron chi connectivity index (χ3n) is 3.33. The number of sulfonamides is 1. The standard InChI is InChI=1S/C16H15BrFNO5S/c1-23-15-8-7-11(9-12(15)17)25(21,22)19(10-16(20)24-2)14-6-4-3-5-13(14)18/h3-9H,10H2,1-2H3. The highest BCUT2D eigenvalue weighted by Crippen LogP contribution is 2.31. The van der Waals surface area contributed by atoms with Crippen molar-refractivity contribution in [1.82, 2.24) is 0 Å². The number of para-hydroxylation sites is 1. The van der Waals surface area contributed by atoms with E-state index in [0.29, 0.717) is 14.5 Å². The van der Waals surface area contributed by atoms with E-state index in [9.17, 15) is 17.6 Å². The first-order chi connectivity index (χ1) is 11.8. The minimum absolute atomic E-state index is 0.132. The fraction of sp³-hybridized carbons (Fsp3) is 0.188. The molecule has 25 heavy (non-hydrogen) atoms. The second-order valence-corrected chi connectivity index (χ2v) is 7.55. The van der Waals surface area contributed by atoms with Crippen LogP contribution in [0.5, 0.6) is 5.75 Å². The molecule has 0 heterocycles. The Bertz CT molecular complexity index is 888. The summed E-state index contributed by atoms with van der Waals surface area (Å²) in [7, 11) is -1.66. The largest absolute Gasteiger partial charge is 0.496 e. The number of anilines is 1. The number of halogens is 2. The van der Waals surface area contributed by atoms with Gasteiger partial charge in [-0.05, 0) is 46.3 Å². The summed E-state index contributed by atoms with van der Waals surface area (Å²) < 4.78 is 50.8. The van der Waals surface area contributed by atoms with Crippen LogP contribution in [0.1, 0.15) is 0 Å². The Kier molecular flexibility index (Phi) is 6.02. The minimum atomic E-state index is -4.22. The van der Waals surface area contributed by atoms with E-state index in [4.69, 9.17) is 4.74 Å². The number of ether oxygens (including phenoxy) is 2. The highest BCUT2D eigenvalue weighted by molar-refractivity contribution is 9.10. The Morgan fingerprint density at radius 2 is 1.88 bits per heavy atom. The molecule has 0 spiro atoms. The molecule has 0 amide bonds. The molecule has 2 rings (SSSR count). The van der Waals surface area contributed by atoms with Crippen LogP contribution in [0.3, 0.4) is 0 Å². The molecule has 134 valence electrons. The van der Waals surface area contributed by atoms with Crippen LogP contribution in [0.25, 0.3) is 0 Å². The summed E-state index contributed by atoms with van der Waals surface area (Å²) in [5.41, 5.74) is -0.250. The highest BCUT2D eigenvalue weighted by Gasteiger charge is 2.30. The van der Waals surface area contributed by atoms with Crippen molar-refractivity contribution < 1.29 is 27.1 Å². The van der Waals surface area contributed by atoms with Gasteiger partial charge in [-0.1, -0.05) is 12.1 Å². The molecule has 9 heteroatoms. The minimum Gasteiger partial charge on any atom is -0.496 e. The number of nitrogens with zero attached hydrogens (tertiary/aromatic N) is 1. The molecular formula is C16H15BrFNO5S. The molecule has 0 radical (unpaired) electrons. The molecule has 6 nitrogen and oxygen atoms in total. The number of hydrogen-bond acceptors (Lipinski definition) is 5. The van der Waals surface area contributed by atoms with E-state index in [-0.39, 0.29) is 10.6 Å². The van der Waals surface area contributed by atoms with Crippen LogP contribution in [0, 0.1) is 5.82 Å². The number of benzene rings is 2. The molecule has 2 aromatic rings. The number of carbonyl (C=O) groups is 1. The molecule has 0 atom stereocenters. The van der Waals surface area contributed by atoms with Crippen molar-refractivity contribution in [2.24, 2.45) is 0 Å². The van der Waals surface area contributed by atoms with E-state index in [1.807, 2.05) is 0 Å². The average Bonchev–Trinajstić information content (AvgIpc) is 2.60. The lowest BCUT2D eigenvalue weighted by molar-refractivity contribution is -0.138. The smallest absolute Gasteiger partial charge is 0.326 e. The highest BCUT2D eigenvalue weighted by atomic mass is 79.9. The van der Waals surface area contributed by atoms with Crippen molar-refractivity contribution in [1.29, 1.82) is 0 Å². The van der Waals surface area contributed by atoms with Crippen molar-refractivity contribution in [3.8, 4) is 5.75 Å². The van der Waals surface area contributed by atoms with Crippen LogP contribution >= 0.6 is 15.9 Å². The summed E-state index contributed by atoms with van der Waals surface area (Å²) >= 11 is 3.21. The molecule has 2 aromatic carbocycles. The summed E-state index contributed by atoms with van der Waals surface area (Å²) in [6.07, 6.45) is 0. The first kappa shape index (κ1) is 19.2. The average molecular weight is 432 g/mol. The van der Waals surface area contributed by atoms with E-state index in [0.717, 1.165) is 13.2 Å². The van der Waals surface area contributed by atoms with Crippen LogP contribution in [-0.2, 0) is 19.6 Å². The predicted molar refractivity (Wildman–Crippen MR) is 93.6 cm³/mol. The Labute approximate surface area is 153 Å². The maximum Gasteiger partial charge on any atom is 0.326 e. The molecule has 0 bridgehead atoms. The SMILES string of the molecule is COC(=O)CN(c1ccccc1F)S(=O)(=O)c1ccc(OC)c(Br)c1. The summed E-state index contributed by atoms with van der Waals surface area (Å²) in [4.78, 5) is 11.5. The molecule has 0 fully saturated rings. The molecule has 0 aliphatic carbocycles. The van der Waals surface area contributed by atoms with E-state index in [1.165, 1.54) is 43.5 Å². The Morgan fingerprint density at radius 1 is 1.20 bits per heavy atom. The van der Waals surface area contributed by atoms with Gasteiger partial charge in [0.05, 0.1) is 29.3 Å². The quantitative estimate of drug-likeness (QED) is 0.657. The van der Waals surface area contributed by atoms with E-state index < -0.39 is 28.4 Å². The van der Waals surface area contributed by atoms with E-state index in [2.05, 4.69) is 20.7 Å². The number of carbonyl (C=O) groups excluding carboxylic acids is 1. The predicted octanol–water partition coefficient (Wildman–Crippen LogP) is 2.97. The molecule has 0 aliphatic rings. The maximum absolute atomic E-state index is 14.2. The Morgan fingerprint density at radius 3 is 2.44 bits per heavy atom. The van der Waals surface area contributed by atoms with E-state index in [1.54, 1.807) is 0 Å². The zero-order chi connectivity index (χ0) is 18.6. The lowest BCUT2D eigenvalue weighted by atomic mass is 10.3. The fourth-order valence-electron chi connectivity index (χ4n) is 2.07. The van der Waals surface area contributed by atoms with Gasteiger partial charge in [-0.15, -0.1) is 0 Å². The number of rotatable bonds is 6. The molecule has 0 saturated carbocycles. The van der Waals surface area contributed by atoms with Gasteiger partial charge in [-0.2, -0.15) is 0 Å². The van der Waals surface area contributed by atoms with Gasteiger partial charge in [-0.3, -0.25) is 9.10 Å². The van der Waals surface area contributed by atoms with Crippen LogP contribution in [0.2, 0.25) is 0 Å². The lowest BCUT2D eigenvalue weighted by Gasteiger charge is -2.24. The third kappa shape index (κ3) is 4.10. The van der Waals surface area contributed by atoms with Crippen molar-refractivity contribution in [2.45, 2.75) is 4.90 Å². The topological polar surface area (TPSA) is 72.9 Å². The van der Waals surface area contributed by atoms with Gasteiger partial charge in [0, 0.05) is 0 Å². The molecule has 0 saturated heterocycles. The second-order valence-electron chi connectivity index (χ2n) is 4.84. The van der Waals surface area contributed by atoms with Gasteiger partial charge in [0.1, 0.15) is 18.1 Å². The molecule has 0 unspecified atom stereocenters. The van der Waals surface area contributed by atoms with Crippen molar-refractivity contribution in [3.63, 3.8) is 0 Å². The summed E-state index contributed by atoms with van der Waals surface area (Å²) in [5, 5.41) is 0. The summed E-state index contributed by atoms with van der Waals surface area (Å²) in [6, 6.07) is 9.36. The normalized spacial score (nSPS) is 11.0. The molecule has 0 N–H and O–H groups in total.